The van der Waals surface area contributed by atoms with E-state index >= 15 is 0 Å². The van der Waals surface area contributed by atoms with Gasteiger partial charge in [0.05, 0.1) is 6.10 Å². The molecule has 3 heteroatoms. The Morgan fingerprint density at radius 3 is 2.50 bits per heavy atom. The second-order valence-electron chi connectivity index (χ2n) is 6.02. The van der Waals surface area contributed by atoms with Crippen LogP contribution in [0.1, 0.15) is 45.8 Å². The Labute approximate surface area is 109 Å². The van der Waals surface area contributed by atoms with E-state index in [4.69, 9.17) is 10.5 Å². The van der Waals surface area contributed by atoms with E-state index in [1.807, 2.05) is 13.0 Å². The van der Waals surface area contributed by atoms with Gasteiger partial charge in [-0.3, -0.25) is 0 Å². The van der Waals surface area contributed by atoms with Crippen LogP contribution in [-0.2, 0) is 4.74 Å². The van der Waals surface area contributed by atoms with E-state index in [2.05, 4.69) is 20.8 Å². The van der Waals surface area contributed by atoms with Gasteiger partial charge < -0.3 is 10.5 Å². The molecule has 0 saturated heterocycles. The van der Waals surface area contributed by atoms with Crippen molar-refractivity contribution in [2.24, 2.45) is 11.1 Å². The van der Waals surface area contributed by atoms with Gasteiger partial charge in [0.2, 0.25) is 0 Å². The standard InChI is InChI=1S/C15H24FNO/c1-11(17)14(18-9-8-15(2,3)4)12-6-5-7-13(16)10-12/h5-7,10-11,14H,8-9,17H2,1-4H3. The molecule has 0 aromatic heterocycles. The Morgan fingerprint density at radius 1 is 1.33 bits per heavy atom. The fraction of sp³-hybridized carbons (Fsp3) is 0.600. The minimum absolute atomic E-state index is 0.160. The molecule has 0 aliphatic heterocycles. The zero-order chi connectivity index (χ0) is 13.8. The lowest BCUT2D eigenvalue weighted by molar-refractivity contribution is 0.0240. The second-order valence-corrected chi connectivity index (χ2v) is 6.02. The van der Waals surface area contributed by atoms with E-state index < -0.39 is 0 Å². The molecular weight excluding hydrogens is 229 g/mol. The summed E-state index contributed by atoms with van der Waals surface area (Å²) in [6, 6.07) is 6.30. The van der Waals surface area contributed by atoms with Crippen molar-refractivity contribution in [1.29, 1.82) is 0 Å². The summed E-state index contributed by atoms with van der Waals surface area (Å²) >= 11 is 0. The van der Waals surface area contributed by atoms with Crippen LogP contribution < -0.4 is 5.73 Å². The van der Waals surface area contributed by atoms with Gasteiger partial charge in [-0.25, -0.2) is 4.39 Å². The maximum absolute atomic E-state index is 13.2. The lowest BCUT2D eigenvalue weighted by atomic mass is 9.93. The highest BCUT2D eigenvalue weighted by Crippen LogP contribution is 2.24. The maximum Gasteiger partial charge on any atom is 0.123 e. The Morgan fingerprint density at radius 2 is 2.00 bits per heavy atom. The van der Waals surface area contributed by atoms with Gasteiger partial charge in [-0.05, 0) is 36.5 Å². The molecule has 0 saturated carbocycles. The molecule has 0 heterocycles. The molecule has 2 unspecified atom stereocenters. The van der Waals surface area contributed by atoms with Crippen molar-refractivity contribution >= 4 is 0 Å². The van der Waals surface area contributed by atoms with E-state index in [1.54, 1.807) is 6.07 Å². The van der Waals surface area contributed by atoms with Gasteiger partial charge in [0.25, 0.3) is 0 Å². The molecule has 0 radical (unpaired) electrons. The average Bonchev–Trinajstić information content (AvgIpc) is 2.22. The molecule has 0 bridgehead atoms. The molecule has 0 aliphatic rings. The largest absolute Gasteiger partial charge is 0.372 e. The van der Waals surface area contributed by atoms with E-state index in [-0.39, 0.29) is 23.4 Å². The summed E-state index contributed by atoms with van der Waals surface area (Å²) in [5.74, 6) is -0.252. The van der Waals surface area contributed by atoms with Gasteiger partial charge in [-0.2, -0.15) is 0 Å². The molecule has 1 aromatic carbocycles. The predicted octanol–water partition coefficient (Wildman–Crippen LogP) is 3.67. The highest BCUT2D eigenvalue weighted by atomic mass is 19.1. The fourth-order valence-corrected chi connectivity index (χ4v) is 1.73. The van der Waals surface area contributed by atoms with Crippen molar-refractivity contribution in [2.75, 3.05) is 6.61 Å². The van der Waals surface area contributed by atoms with Crippen LogP contribution in [0, 0.1) is 11.2 Å². The first kappa shape index (κ1) is 15.1. The normalized spacial score (nSPS) is 15.4. The minimum atomic E-state index is -0.252. The number of benzene rings is 1. The van der Waals surface area contributed by atoms with Crippen LogP contribution in [0.3, 0.4) is 0 Å². The Balaban J connectivity index is 2.66. The first-order valence-corrected chi connectivity index (χ1v) is 6.42. The van der Waals surface area contributed by atoms with Crippen molar-refractivity contribution in [2.45, 2.75) is 46.3 Å². The summed E-state index contributed by atoms with van der Waals surface area (Å²) in [7, 11) is 0. The summed E-state index contributed by atoms with van der Waals surface area (Å²) in [5, 5.41) is 0. The minimum Gasteiger partial charge on any atom is -0.372 e. The van der Waals surface area contributed by atoms with Gasteiger partial charge in [0, 0.05) is 12.6 Å². The zero-order valence-electron chi connectivity index (χ0n) is 11.7. The summed E-state index contributed by atoms with van der Waals surface area (Å²) in [5.41, 5.74) is 6.95. The number of hydrogen-bond donors (Lipinski definition) is 1. The van der Waals surface area contributed by atoms with Gasteiger partial charge in [0.1, 0.15) is 5.82 Å². The number of halogens is 1. The molecule has 0 spiro atoms. The third-order valence-electron chi connectivity index (χ3n) is 2.80. The number of ether oxygens (including phenoxy) is 1. The third-order valence-corrected chi connectivity index (χ3v) is 2.80. The zero-order valence-corrected chi connectivity index (χ0v) is 11.7. The molecule has 2 nitrogen and oxygen atoms in total. The van der Waals surface area contributed by atoms with Gasteiger partial charge in [-0.1, -0.05) is 32.9 Å². The van der Waals surface area contributed by atoms with Crippen LogP contribution >= 0.6 is 0 Å². The van der Waals surface area contributed by atoms with Crippen LogP contribution in [0.5, 0.6) is 0 Å². The van der Waals surface area contributed by atoms with Gasteiger partial charge in [0.15, 0.2) is 0 Å². The number of rotatable bonds is 5. The fourth-order valence-electron chi connectivity index (χ4n) is 1.73. The van der Waals surface area contributed by atoms with Crippen LogP contribution in [0.4, 0.5) is 4.39 Å². The van der Waals surface area contributed by atoms with Crippen LogP contribution in [0.25, 0.3) is 0 Å². The molecule has 1 rings (SSSR count). The quantitative estimate of drug-likeness (QED) is 0.869. The lowest BCUT2D eigenvalue weighted by Crippen LogP contribution is -2.28. The smallest absolute Gasteiger partial charge is 0.123 e. The van der Waals surface area contributed by atoms with Crippen molar-refractivity contribution in [3.63, 3.8) is 0 Å². The molecule has 2 atom stereocenters. The molecule has 0 fully saturated rings. The van der Waals surface area contributed by atoms with Crippen molar-refractivity contribution < 1.29 is 9.13 Å². The molecule has 1 aromatic rings. The Hall–Kier alpha value is -0.930. The van der Waals surface area contributed by atoms with E-state index in [1.165, 1.54) is 12.1 Å². The van der Waals surface area contributed by atoms with E-state index in [0.29, 0.717) is 6.61 Å². The van der Waals surface area contributed by atoms with E-state index in [0.717, 1.165) is 12.0 Å². The average molecular weight is 253 g/mol. The molecule has 0 amide bonds. The topological polar surface area (TPSA) is 35.2 Å². The number of nitrogens with two attached hydrogens (primary N) is 1. The molecule has 102 valence electrons. The van der Waals surface area contributed by atoms with Crippen molar-refractivity contribution in [1.82, 2.24) is 0 Å². The first-order valence-electron chi connectivity index (χ1n) is 6.42. The van der Waals surface area contributed by atoms with Crippen LogP contribution in [0.15, 0.2) is 24.3 Å². The predicted molar refractivity (Wildman–Crippen MR) is 72.8 cm³/mol. The SMILES string of the molecule is CC(N)C(OCCC(C)(C)C)c1cccc(F)c1. The van der Waals surface area contributed by atoms with Crippen LogP contribution in [0.2, 0.25) is 0 Å². The first-order chi connectivity index (χ1) is 8.29. The Bertz CT molecular complexity index is 371. The summed E-state index contributed by atoms with van der Waals surface area (Å²) in [4.78, 5) is 0. The maximum atomic E-state index is 13.2. The van der Waals surface area contributed by atoms with Gasteiger partial charge >= 0.3 is 0 Å². The summed E-state index contributed by atoms with van der Waals surface area (Å²) < 4.78 is 19.0. The second kappa shape index (κ2) is 6.30. The van der Waals surface area contributed by atoms with Crippen molar-refractivity contribution in [3.8, 4) is 0 Å². The Kier molecular flexibility index (Phi) is 5.29. The molecule has 18 heavy (non-hydrogen) atoms. The lowest BCUT2D eigenvalue weighted by Gasteiger charge is -2.25. The highest BCUT2D eigenvalue weighted by Gasteiger charge is 2.19. The monoisotopic (exact) mass is 253 g/mol. The summed E-state index contributed by atoms with van der Waals surface area (Å²) in [6.45, 7) is 9.01. The van der Waals surface area contributed by atoms with Crippen molar-refractivity contribution in [3.05, 3.63) is 35.6 Å². The molecule has 0 aliphatic carbocycles. The molecule has 2 N–H and O–H groups in total. The third kappa shape index (κ3) is 5.15. The van der Waals surface area contributed by atoms with E-state index in [9.17, 15) is 4.39 Å². The highest BCUT2D eigenvalue weighted by molar-refractivity contribution is 5.20. The summed E-state index contributed by atoms with van der Waals surface area (Å²) in [6.07, 6.45) is 0.703. The van der Waals surface area contributed by atoms with Crippen LogP contribution in [-0.4, -0.2) is 12.6 Å². The van der Waals surface area contributed by atoms with Gasteiger partial charge in [-0.15, -0.1) is 0 Å². The number of hydrogen-bond acceptors (Lipinski definition) is 2. The molecular formula is C15H24FNO.